The number of alkyl carbamates (subject to hydrolysis) is 1. The Morgan fingerprint density at radius 2 is 1.73 bits per heavy atom. The number of carbonyl (C=O) groups excluding carboxylic acids is 1. The molecule has 44 heavy (non-hydrogen) atoms. The van der Waals surface area contributed by atoms with Gasteiger partial charge in [0.2, 0.25) is 0 Å². The van der Waals surface area contributed by atoms with Crippen molar-refractivity contribution in [1.82, 2.24) is 9.99 Å². The quantitative estimate of drug-likeness (QED) is 0.117. The number of ether oxygens (including phenoxy) is 1. The minimum Gasteiger partial charge on any atom is -0.446 e. The topological polar surface area (TPSA) is 60.0 Å². The molecule has 4 aliphatic rings. The van der Waals surface area contributed by atoms with Crippen molar-refractivity contribution in [2.24, 2.45) is 46.3 Å². The Bertz CT molecular complexity index is 963. The summed E-state index contributed by atoms with van der Waals surface area (Å²) < 4.78 is 19.9. The van der Waals surface area contributed by atoms with Crippen LogP contribution in [0.3, 0.4) is 0 Å². The van der Waals surface area contributed by atoms with E-state index in [9.17, 15) is 4.79 Å². The number of hydrogen-bond acceptors (Lipinski definition) is 5. The first kappa shape index (κ1) is 36.2. The number of fused-ring (bicyclic) bond motifs is 5. The lowest BCUT2D eigenvalue weighted by molar-refractivity contribution is -0.0581. The fraction of sp³-hybridized carbons (Fsp3) is 0.919. The number of carbonyl (C=O) groups is 1. The molecule has 0 aliphatic heterocycles. The summed E-state index contributed by atoms with van der Waals surface area (Å²) in [4.78, 5) is 12.7. The third-order valence-corrected chi connectivity index (χ3v) is 14.5. The molecular weight excluding hydrogens is 567 g/mol. The minimum atomic E-state index is -1.15. The van der Waals surface area contributed by atoms with Gasteiger partial charge in [0.05, 0.1) is 6.61 Å². The van der Waals surface area contributed by atoms with E-state index in [0.29, 0.717) is 30.7 Å². The monoisotopic (exact) mass is 634 g/mol. The number of rotatable bonds is 14. The van der Waals surface area contributed by atoms with E-state index in [1.807, 2.05) is 0 Å². The number of nitrogens with zero attached hydrogens (tertiary/aromatic N) is 1. The summed E-state index contributed by atoms with van der Waals surface area (Å²) in [5.74, 6) is 5.07. The van der Waals surface area contributed by atoms with Crippen LogP contribution in [0.5, 0.6) is 0 Å². The van der Waals surface area contributed by atoms with Crippen LogP contribution >= 0.6 is 8.53 Å². The van der Waals surface area contributed by atoms with Gasteiger partial charge in [0.25, 0.3) is 8.53 Å². The highest BCUT2D eigenvalue weighted by Crippen LogP contribution is 2.67. The second-order valence-corrected chi connectivity index (χ2v) is 17.9. The highest BCUT2D eigenvalue weighted by molar-refractivity contribution is 7.44. The van der Waals surface area contributed by atoms with Crippen LogP contribution in [-0.2, 0) is 13.8 Å². The molecule has 6 nitrogen and oxygen atoms in total. The lowest BCUT2D eigenvalue weighted by Crippen LogP contribution is -2.51. The van der Waals surface area contributed by atoms with Crippen LogP contribution < -0.4 is 5.32 Å². The molecule has 0 aromatic carbocycles. The first-order chi connectivity index (χ1) is 20.8. The smallest absolute Gasteiger partial charge is 0.407 e. The van der Waals surface area contributed by atoms with Gasteiger partial charge in [-0.2, -0.15) is 0 Å². The third-order valence-electron chi connectivity index (χ3n) is 12.5. The van der Waals surface area contributed by atoms with Gasteiger partial charge in [-0.25, -0.2) is 9.46 Å². The van der Waals surface area contributed by atoms with E-state index in [4.69, 9.17) is 13.8 Å². The first-order valence-corrected chi connectivity index (χ1v) is 19.3. The Labute approximate surface area is 272 Å². The summed E-state index contributed by atoms with van der Waals surface area (Å²) >= 11 is 0. The Hall–Kier alpha value is -0.680. The average Bonchev–Trinajstić information content (AvgIpc) is 3.31. The van der Waals surface area contributed by atoms with E-state index in [2.05, 4.69) is 78.4 Å². The summed E-state index contributed by atoms with van der Waals surface area (Å²) in [6.45, 7) is 22.0. The molecule has 1 amide bonds. The normalized spacial score (nSPS) is 34.9. The fourth-order valence-electron chi connectivity index (χ4n) is 10.4. The molecule has 0 saturated heterocycles. The molecule has 0 bridgehead atoms. The van der Waals surface area contributed by atoms with E-state index in [1.165, 1.54) is 51.4 Å². The van der Waals surface area contributed by atoms with E-state index < -0.39 is 8.53 Å². The molecule has 0 aromatic heterocycles. The lowest BCUT2D eigenvalue weighted by atomic mass is 9.47. The molecule has 3 fully saturated rings. The molecule has 254 valence electrons. The van der Waals surface area contributed by atoms with Crippen LogP contribution in [0.1, 0.15) is 133 Å². The molecule has 2 unspecified atom stereocenters. The highest BCUT2D eigenvalue weighted by atomic mass is 31.2. The van der Waals surface area contributed by atoms with Crippen LogP contribution in [0.4, 0.5) is 4.79 Å². The van der Waals surface area contributed by atoms with Gasteiger partial charge < -0.3 is 19.1 Å². The van der Waals surface area contributed by atoms with Crippen molar-refractivity contribution in [3.05, 3.63) is 11.6 Å². The van der Waals surface area contributed by atoms with Crippen molar-refractivity contribution in [3.63, 3.8) is 0 Å². The minimum absolute atomic E-state index is 0.0309. The van der Waals surface area contributed by atoms with Crippen molar-refractivity contribution in [2.45, 2.75) is 151 Å². The summed E-state index contributed by atoms with van der Waals surface area (Å²) in [5, 5.41) is 2.92. The van der Waals surface area contributed by atoms with Crippen molar-refractivity contribution in [2.75, 3.05) is 20.3 Å². The molecule has 4 aliphatic carbocycles. The molecule has 1 N–H and O–H groups in total. The Balaban J connectivity index is 1.27. The average molecular weight is 635 g/mol. The summed E-state index contributed by atoms with van der Waals surface area (Å²) in [5.41, 5.74) is 2.36. The maximum Gasteiger partial charge on any atom is 0.407 e. The van der Waals surface area contributed by atoms with E-state index in [-0.39, 0.29) is 17.6 Å². The summed E-state index contributed by atoms with van der Waals surface area (Å²) in [7, 11) is 0.538. The van der Waals surface area contributed by atoms with Gasteiger partial charge in [-0.1, -0.05) is 65.5 Å². The van der Waals surface area contributed by atoms with Gasteiger partial charge in [-0.3, -0.25) is 0 Å². The van der Waals surface area contributed by atoms with Gasteiger partial charge in [0.1, 0.15) is 6.10 Å². The molecule has 4 rings (SSSR count). The highest BCUT2D eigenvalue weighted by Gasteiger charge is 2.59. The van der Waals surface area contributed by atoms with Gasteiger partial charge in [-0.05, 0) is 119 Å². The fourth-order valence-corrected chi connectivity index (χ4v) is 11.8. The predicted octanol–water partition coefficient (Wildman–Crippen LogP) is 10.1. The van der Waals surface area contributed by atoms with E-state index in [1.54, 1.807) is 12.7 Å². The number of hydrogen-bond donors (Lipinski definition) is 1. The molecule has 9 atom stereocenters. The summed E-state index contributed by atoms with van der Waals surface area (Å²) in [6, 6.07) is 0.642. The molecule has 0 aromatic rings. The zero-order chi connectivity index (χ0) is 32.2. The molecular formula is C37H67N2O4P. The van der Waals surface area contributed by atoms with Crippen LogP contribution in [0.2, 0.25) is 0 Å². The van der Waals surface area contributed by atoms with Gasteiger partial charge in [-0.15, -0.1) is 0 Å². The molecule has 3 saturated carbocycles. The Kier molecular flexibility index (Phi) is 12.7. The van der Waals surface area contributed by atoms with Gasteiger partial charge in [0, 0.05) is 32.2 Å². The maximum absolute atomic E-state index is 12.7. The van der Waals surface area contributed by atoms with Crippen molar-refractivity contribution in [1.29, 1.82) is 0 Å². The van der Waals surface area contributed by atoms with E-state index >= 15 is 0 Å². The number of amides is 1. The zero-order valence-corrected chi connectivity index (χ0v) is 30.9. The second kappa shape index (κ2) is 15.5. The van der Waals surface area contributed by atoms with Gasteiger partial charge in [0.15, 0.2) is 0 Å². The molecule has 0 heterocycles. The molecule has 7 heteroatoms. The number of nitrogens with one attached hydrogen (secondary N) is 1. The zero-order valence-electron chi connectivity index (χ0n) is 30.0. The third kappa shape index (κ3) is 7.88. The van der Waals surface area contributed by atoms with Crippen molar-refractivity contribution >= 4 is 14.6 Å². The molecule has 0 spiro atoms. The van der Waals surface area contributed by atoms with Crippen LogP contribution in [0.25, 0.3) is 0 Å². The lowest BCUT2D eigenvalue weighted by Gasteiger charge is -2.58. The Morgan fingerprint density at radius 3 is 2.39 bits per heavy atom. The second-order valence-electron chi connectivity index (χ2n) is 16.3. The van der Waals surface area contributed by atoms with Crippen LogP contribution in [-0.4, -0.2) is 49.2 Å². The van der Waals surface area contributed by atoms with E-state index in [0.717, 1.165) is 54.8 Å². The first-order valence-electron chi connectivity index (χ1n) is 18.2. The Morgan fingerprint density at radius 1 is 1.00 bits per heavy atom. The SMILES string of the molecule is COP(OCCNC(=O)OC1CC[C@@]2(C)C(=CC[C@H]3[C@@H]4CC[C@H]([C@H](C)CCCC(C)C)[C@@]4(C)CC[C@@H]32)C1)N(C(C)C)C(C)C. The molecule has 0 radical (unpaired) electrons. The standard InChI is InChI=1S/C37H67N2O4P/c1-25(2)12-11-13-28(7)32-16-17-33-31-15-14-29-24-30(18-20-36(29,8)34(31)19-21-37(32,33)9)43-35(40)38-22-23-42-44(41-10)39(26(3)4)27(5)6/h14,25-28,30-34H,11-13,15-24H2,1-10H3,(H,38,40)/t28-,30?,31+,32-,33+,34+,36+,37-,44?/m1/s1. The maximum atomic E-state index is 12.7. The van der Waals surface area contributed by atoms with Crippen molar-refractivity contribution < 1.29 is 18.6 Å². The van der Waals surface area contributed by atoms with Crippen LogP contribution in [0.15, 0.2) is 11.6 Å². The number of allylic oxidation sites excluding steroid dienone is 1. The van der Waals surface area contributed by atoms with Crippen molar-refractivity contribution in [3.8, 4) is 0 Å². The van der Waals surface area contributed by atoms with Gasteiger partial charge >= 0.3 is 6.09 Å². The summed E-state index contributed by atoms with van der Waals surface area (Å²) in [6.07, 6.45) is 16.3. The predicted molar refractivity (Wildman–Crippen MR) is 183 cm³/mol. The largest absolute Gasteiger partial charge is 0.446 e. The van der Waals surface area contributed by atoms with Crippen LogP contribution in [0, 0.1) is 46.3 Å².